The number of benzene rings is 1. The first-order chi connectivity index (χ1) is 9.65. The van der Waals surface area contributed by atoms with E-state index in [1.54, 1.807) is 12.3 Å². The average Bonchev–Trinajstić information content (AvgIpc) is 2.92. The standard InChI is InChI=1S/C13H8BrFN4O/c14-8-2-1-5-17-11(8)12-18-13(20-19-12)7-3-4-9(15)10(16)6-7/h1-6H,16H2. The van der Waals surface area contributed by atoms with E-state index in [-0.39, 0.29) is 11.6 Å². The molecule has 2 aromatic heterocycles. The summed E-state index contributed by atoms with van der Waals surface area (Å²) in [6.45, 7) is 0. The Morgan fingerprint density at radius 3 is 2.85 bits per heavy atom. The molecule has 0 unspecified atom stereocenters. The molecule has 5 nitrogen and oxygen atoms in total. The van der Waals surface area contributed by atoms with E-state index in [1.165, 1.54) is 18.2 Å². The first kappa shape index (κ1) is 12.7. The Kier molecular flexibility index (Phi) is 3.19. The second-order valence-electron chi connectivity index (χ2n) is 3.99. The zero-order valence-corrected chi connectivity index (χ0v) is 11.6. The lowest BCUT2D eigenvalue weighted by Crippen LogP contribution is -1.91. The number of pyridine rings is 1. The molecule has 0 saturated carbocycles. The van der Waals surface area contributed by atoms with E-state index in [1.807, 2.05) is 6.07 Å². The van der Waals surface area contributed by atoms with Crippen molar-refractivity contribution < 1.29 is 8.91 Å². The molecule has 1 aromatic carbocycles. The van der Waals surface area contributed by atoms with Crippen LogP contribution in [0.2, 0.25) is 0 Å². The number of aromatic nitrogens is 3. The molecule has 0 amide bonds. The average molecular weight is 335 g/mol. The molecular weight excluding hydrogens is 327 g/mol. The van der Waals surface area contributed by atoms with Crippen LogP contribution in [0.5, 0.6) is 0 Å². The molecule has 0 aliphatic carbocycles. The van der Waals surface area contributed by atoms with Crippen LogP contribution in [-0.2, 0) is 0 Å². The molecule has 20 heavy (non-hydrogen) atoms. The molecule has 0 saturated heterocycles. The van der Waals surface area contributed by atoms with E-state index in [2.05, 4.69) is 31.1 Å². The van der Waals surface area contributed by atoms with Crippen LogP contribution in [0.15, 0.2) is 45.5 Å². The smallest absolute Gasteiger partial charge is 0.258 e. The maximum Gasteiger partial charge on any atom is 0.258 e. The van der Waals surface area contributed by atoms with Gasteiger partial charge in [-0.05, 0) is 46.3 Å². The number of anilines is 1. The van der Waals surface area contributed by atoms with Crippen LogP contribution in [0, 0.1) is 5.82 Å². The van der Waals surface area contributed by atoms with E-state index < -0.39 is 5.82 Å². The minimum absolute atomic E-state index is 0.0290. The van der Waals surface area contributed by atoms with Crippen molar-refractivity contribution >= 4 is 21.6 Å². The van der Waals surface area contributed by atoms with Crippen molar-refractivity contribution in [1.82, 2.24) is 15.1 Å². The van der Waals surface area contributed by atoms with Gasteiger partial charge in [-0.15, -0.1) is 0 Å². The zero-order valence-electron chi connectivity index (χ0n) is 10.0. The quantitative estimate of drug-likeness (QED) is 0.727. The van der Waals surface area contributed by atoms with Crippen LogP contribution in [0.25, 0.3) is 23.0 Å². The van der Waals surface area contributed by atoms with Gasteiger partial charge in [0, 0.05) is 16.2 Å². The van der Waals surface area contributed by atoms with E-state index in [0.717, 1.165) is 4.47 Å². The topological polar surface area (TPSA) is 77.8 Å². The summed E-state index contributed by atoms with van der Waals surface area (Å²) in [5.74, 6) is 0.112. The molecule has 2 N–H and O–H groups in total. The van der Waals surface area contributed by atoms with Gasteiger partial charge in [0.2, 0.25) is 5.82 Å². The van der Waals surface area contributed by atoms with Gasteiger partial charge >= 0.3 is 0 Å². The Hall–Kier alpha value is -2.28. The van der Waals surface area contributed by atoms with Crippen LogP contribution in [-0.4, -0.2) is 15.1 Å². The van der Waals surface area contributed by atoms with E-state index in [9.17, 15) is 4.39 Å². The van der Waals surface area contributed by atoms with Crippen molar-refractivity contribution in [2.24, 2.45) is 0 Å². The highest BCUT2D eigenvalue weighted by atomic mass is 79.9. The Balaban J connectivity index is 2.02. The molecule has 2 heterocycles. The maximum atomic E-state index is 13.1. The summed E-state index contributed by atoms with van der Waals surface area (Å²) >= 11 is 3.37. The van der Waals surface area contributed by atoms with Crippen molar-refractivity contribution in [3.05, 3.63) is 46.8 Å². The fraction of sp³-hybridized carbons (Fsp3) is 0. The second kappa shape index (κ2) is 5.01. The third-order valence-electron chi connectivity index (χ3n) is 2.64. The number of hydrogen-bond acceptors (Lipinski definition) is 5. The molecule has 0 atom stereocenters. The number of halogens is 2. The van der Waals surface area contributed by atoms with Crippen LogP contribution in [0.1, 0.15) is 0 Å². The molecule has 100 valence electrons. The molecule has 0 aliphatic heterocycles. The Morgan fingerprint density at radius 1 is 1.25 bits per heavy atom. The van der Waals surface area contributed by atoms with Crippen molar-refractivity contribution in [3.8, 4) is 23.0 Å². The number of hydrogen-bond donors (Lipinski definition) is 1. The summed E-state index contributed by atoms with van der Waals surface area (Å²) in [4.78, 5) is 8.40. The van der Waals surface area contributed by atoms with Crippen LogP contribution in [0.3, 0.4) is 0 Å². The highest BCUT2D eigenvalue weighted by molar-refractivity contribution is 9.10. The van der Waals surface area contributed by atoms with Gasteiger partial charge in [0.05, 0.1) is 5.69 Å². The normalized spacial score (nSPS) is 10.7. The Morgan fingerprint density at radius 2 is 2.10 bits per heavy atom. The molecule has 3 aromatic rings. The Labute approximate surface area is 121 Å². The molecule has 0 fully saturated rings. The predicted octanol–water partition coefficient (Wildman–Crippen LogP) is 3.28. The van der Waals surface area contributed by atoms with Gasteiger partial charge in [0.25, 0.3) is 5.89 Å². The summed E-state index contributed by atoms with van der Waals surface area (Å²) in [5.41, 5.74) is 6.66. The fourth-order valence-electron chi connectivity index (χ4n) is 1.66. The van der Waals surface area contributed by atoms with E-state index in [4.69, 9.17) is 10.3 Å². The third-order valence-corrected chi connectivity index (χ3v) is 3.28. The first-order valence-corrected chi connectivity index (χ1v) is 6.44. The summed E-state index contributed by atoms with van der Waals surface area (Å²) in [7, 11) is 0. The van der Waals surface area contributed by atoms with Gasteiger partial charge in [-0.1, -0.05) is 5.16 Å². The number of nitrogen functional groups attached to an aromatic ring is 1. The van der Waals surface area contributed by atoms with E-state index >= 15 is 0 Å². The van der Waals surface area contributed by atoms with Gasteiger partial charge in [-0.25, -0.2) is 4.39 Å². The summed E-state index contributed by atoms with van der Waals surface area (Å²) in [6, 6.07) is 7.84. The number of nitrogens with zero attached hydrogens (tertiary/aromatic N) is 3. The molecule has 0 spiro atoms. The SMILES string of the molecule is Nc1cc(-c2nc(-c3ncccc3Br)no2)ccc1F. The number of nitrogens with two attached hydrogens (primary N) is 1. The van der Waals surface area contributed by atoms with Gasteiger partial charge in [-0.2, -0.15) is 4.98 Å². The van der Waals surface area contributed by atoms with E-state index in [0.29, 0.717) is 17.1 Å². The molecule has 3 rings (SSSR count). The lowest BCUT2D eigenvalue weighted by molar-refractivity contribution is 0.432. The minimum Gasteiger partial charge on any atom is -0.396 e. The molecule has 0 bridgehead atoms. The summed E-state index contributed by atoms with van der Waals surface area (Å²) in [5, 5.41) is 3.86. The number of rotatable bonds is 2. The van der Waals surface area contributed by atoms with Gasteiger partial charge in [-0.3, -0.25) is 4.98 Å². The zero-order chi connectivity index (χ0) is 14.1. The lowest BCUT2D eigenvalue weighted by atomic mass is 10.2. The van der Waals surface area contributed by atoms with Crippen LogP contribution in [0.4, 0.5) is 10.1 Å². The third kappa shape index (κ3) is 2.27. The lowest BCUT2D eigenvalue weighted by Gasteiger charge is -1.98. The highest BCUT2D eigenvalue weighted by Crippen LogP contribution is 2.27. The Bertz CT molecular complexity index is 775. The van der Waals surface area contributed by atoms with Gasteiger partial charge in [0.1, 0.15) is 11.5 Å². The largest absolute Gasteiger partial charge is 0.396 e. The predicted molar refractivity (Wildman–Crippen MR) is 75.0 cm³/mol. The minimum atomic E-state index is -0.485. The molecule has 0 radical (unpaired) electrons. The van der Waals surface area contributed by atoms with Crippen molar-refractivity contribution in [2.45, 2.75) is 0 Å². The monoisotopic (exact) mass is 334 g/mol. The van der Waals surface area contributed by atoms with Crippen molar-refractivity contribution in [2.75, 3.05) is 5.73 Å². The molecular formula is C13H8BrFN4O. The second-order valence-corrected chi connectivity index (χ2v) is 4.85. The van der Waals surface area contributed by atoms with Crippen molar-refractivity contribution in [3.63, 3.8) is 0 Å². The molecule has 0 aliphatic rings. The highest BCUT2D eigenvalue weighted by Gasteiger charge is 2.14. The van der Waals surface area contributed by atoms with Gasteiger partial charge in [0.15, 0.2) is 0 Å². The summed E-state index contributed by atoms with van der Waals surface area (Å²) in [6.07, 6.45) is 1.63. The van der Waals surface area contributed by atoms with Crippen LogP contribution < -0.4 is 5.73 Å². The van der Waals surface area contributed by atoms with Gasteiger partial charge < -0.3 is 10.3 Å². The fourth-order valence-corrected chi connectivity index (χ4v) is 2.10. The van der Waals surface area contributed by atoms with Crippen molar-refractivity contribution in [1.29, 1.82) is 0 Å². The van der Waals surface area contributed by atoms with Crippen LogP contribution >= 0.6 is 15.9 Å². The molecule has 7 heteroatoms. The first-order valence-electron chi connectivity index (χ1n) is 5.65. The maximum absolute atomic E-state index is 13.1. The summed E-state index contributed by atoms with van der Waals surface area (Å²) < 4.78 is 19.0.